The summed E-state index contributed by atoms with van der Waals surface area (Å²) in [4.78, 5) is 0. The highest BCUT2D eigenvalue weighted by Gasteiger charge is 2.03. The Kier molecular flexibility index (Phi) is 6.10. The van der Waals surface area contributed by atoms with Crippen LogP contribution in [-0.2, 0) is 19.7 Å². The van der Waals surface area contributed by atoms with Crippen LogP contribution in [0.25, 0.3) is 0 Å². The van der Waals surface area contributed by atoms with Gasteiger partial charge in [0.25, 0.3) is 0 Å². The van der Waals surface area contributed by atoms with Gasteiger partial charge in [-0.2, -0.15) is 0 Å². The Morgan fingerprint density at radius 3 is 2.40 bits per heavy atom. The second kappa shape index (κ2) is 8.70. The van der Waals surface area contributed by atoms with Crippen molar-refractivity contribution in [3.05, 3.63) is 100 Å². The first kappa shape index (κ1) is 17.5. The third-order valence-corrected chi connectivity index (χ3v) is 4.50. The van der Waals surface area contributed by atoms with Crippen LogP contribution in [0.4, 0.5) is 0 Å². The predicted molar refractivity (Wildman–Crippen MR) is 103 cm³/mol. The van der Waals surface area contributed by atoms with Gasteiger partial charge >= 0.3 is 0 Å². The van der Waals surface area contributed by atoms with Gasteiger partial charge in [0.1, 0.15) is 25.4 Å². The molecule has 3 heteroatoms. The molecule has 2 N–H and O–H groups in total. The van der Waals surface area contributed by atoms with Crippen LogP contribution in [0.1, 0.15) is 22.3 Å². The number of ether oxygens (including phenoxy) is 1. The van der Waals surface area contributed by atoms with Crippen molar-refractivity contribution in [2.75, 3.05) is 0 Å². The summed E-state index contributed by atoms with van der Waals surface area (Å²) in [5.74, 6) is 0.876. The molecule has 3 aromatic rings. The molecule has 0 bridgehead atoms. The summed E-state index contributed by atoms with van der Waals surface area (Å²) in [5, 5.41) is 3.04. The van der Waals surface area contributed by atoms with Crippen LogP contribution in [0.5, 0.6) is 5.75 Å². The third-order valence-electron chi connectivity index (χ3n) is 4.13. The molecule has 2 nitrogen and oxygen atoms in total. The molecule has 0 radical (unpaired) electrons. The minimum absolute atomic E-state index is 0.482. The van der Waals surface area contributed by atoms with E-state index in [0.717, 1.165) is 29.4 Å². The van der Waals surface area contributed by atoms with Crippen LogP contribution in [0.2, 0.25) is 5.02 Å². The highest BCUT2D eigenvalue weighted by atomic mass is 35.5. The molecule has 0 aromatic heterocycles. The van der Waals surface area contributed by atoms with E-state index in [9.17, 15) is 0 Å². The van der Waals surface area contributed by atoms with Crippen molar-refractivity contribution in [3.8, 4) is 5.75 Å². The lowest BCUT2D eigenvalue weighted by Crippen LogP contribution is -2.80. The molecule has 25 heavy (non-hydrogen) atoms. The Morgan fingerprint density at radius 1 is 0.840 bits per heavy atom. The predicted octanol–water partition coefficient (Wildman–Crippen LogP) is 4.49. The van der Waals surface area contributed by atoms with Crippen LogP contribution in [0.15, 0.2) is 72.8 Å². The lowest BCUT2D eigenvalue weighted by Gasteiger charge is -2.09. The summed E-state index contributed by atoms with van der Waals surface area (Å²) in [6.07, 6.45) is 0. The zero-order chi connectivity index (χ0) is 17.5. The molecule has 0 spiro atoms. The number of nitrogens with two attached hydrogens (primary N) is 1. The first-order valence-corrected chi connectivity index (χ1v) is 8.91. The number of quaternary nitrogens is 1. The van der Waals surface area contributed by atoms with Crippen molar-refractivity contribution < 1.29 is 10.1 Å². The highest BCUT2D eigenvalue weighted by molar-refractivity contribution is 6.31. The van der Waals surface area contributed by atoms with Gasteiger partial charge < -0.3 is 10.1 Å². The van der Waals surface area contributed by atoms with E-state index >= 15 is 0 Å². The Bertz CT molecular complexity index is 814. The SMILES string of the molecule is Cc1ccc(C[NH2+]Cc2cccc(OCc3ccccc3Cl)c2)cc1. The van der Waals surface area contributed by atoms with Gasteiger partial charge in [-0.15, -0.1) is 0 Å². The number of aryl methyl sites for hydroxylation is 1. The molecular weight excluding hydrogens is 330 g/mol. The van der Waals surface area contributed by atoms with E-state index in [1.165, 1.54) is 16.7 Å². The molecule has 0 saturated heterocycles. The molecule has 0 aliphatic carbocycles. The van der Waals surface area contributed by atoms with Gasteiger partial charge in [0.15, 0.2) is 0 Å². The molecule has 0 fully saturated rings. The van der Waals surface area contributed by atoms with E-state index in [0.29, 0.717) is 6.61 Å². The average molecular weight is 353 g/mol. The highest BCUT2D eigenvalue weighted by Crippen LogP contribution is 2.19. The number of hydrogen-bond acceptors (Lipinski definition) is 1. The fourth-order valence-corrected chi connectivity index (χ4v) is 2.86. The van der Waals surface area contributed by atoms with E-state index in [-0.39, 0.29) is 0 Å². The second-order valence-electron chi connectivity index (χ2n) is 6.21. The quantitative estimate of drug-likeness (QED) is 0.666. The third kappa shape index (κ3) is 5.35. The maximum atomic E-state index is 6.17. The van der Waals surface area contributed by atoms with E-state index in [4.69, 9.17) is 16.3 Å². The zero-order valence-electron chi connectivity index (χ0n) is 14.4. The smallest absolute Gasteiger partial charge is 0.120 e. The van der Waals surface area contributed by atoms with Crippen LogP contribution < -0.4 is 10.1 Å². The first-order valence-electron chi connectivity index (χ1n) is 8.53. The number of hydrogen-bond donors (Lipinski definition) is 1. The number of benzene rings is 3. The summed E-state index contributed by atoms with van der Waals surface area (Å²) in [7, 11) is 0. The van der Waals surface area contributed by atoms with Crippen molar-refractivity contribution in [2.24, 2.45) is 0 Å². The van der Waals surface area contributed by atoms with E-state index in [1.54, 1.807) is 0 Å². The summed E-state index contributed by atoms with van der Waals surface area (Å²) in [5.41, 5.74) is 4.90. The lowest BCUT2D eigenvalue weighted by molar-refractivity contribution is -0.686. The van der Waals surface area contributed by atoms with E-state index in [1.807, 2.05) is 36.4 Å². The van der Waals surface area contributed by atoms with Crippen LogP contribution >= 0.6 is 11.6 Å². The first-order chi connectivity index (χ1) is 12.2. The Labute approximate surface area is 154 Å². The number of halogens is 1. The lowest BCUT2D eigenvalue weighted by atomic mass is 10.1. The summed E-state index contributed by atoms with van der Waals surface area (Å²) < 4.78 is 5.89. The van der Waals surface area contributed by atoms with Gasteiger partial charge in [0.2, 0.25) is 0 Å². The molecular formula is C22H23ClNO+. The Morgan fingerprint density at radius 2 is 1.60 bits per heavy atom. The van der Waals surface area contributed by atoms with Crippen molar-refractivity contribution >= 4 is 11.6 Å². The molecule has 3 rings (SSSR count). The van der Waals surface area contributed by atoms with Crippen molar-refractivity contribution in [2.45, 2.75) is 26.6 Å². The largest absolute Gasteiger partial charge is 0.489 e. The van der Waals surface area contributed by atoms with Gasteiger partial charge in [0.05, 0.1) is 0 Å². The maximum absolute atomic E-state index is 6.17. The van der Waals surface area contributed by atoms with Crippen molar-refractivity contribution in [1.29, 1.82) is 0 Å². The van der Waals surface area contributed by atoms with Crippen molar-refractivity contribution in [3.63, 3.8) is 0 Å². The van der Waals surface area contributed by atoms with Gasteiger partial charge in [-0.25, -0.2) is 0 Å². The molecule has 0 atom stereocenters. The Hall–Kier alpha value is -2.29. The zero-order valence-corrected chi connectivity index (χ0v) is 15.2. The molecule has 3 aromatic carbocycles. The molecule has 0 heterocycles. The Balaban J connectivity index is 1.52. The molecule has 128 valence electrons. The minimum Gasteiger partial charge on any atom is -0.489 e. The topological polar surface area (TPSA) is 25.8 Å². The standard InChI is InChI=1S/C22H22ClNO/c1-17-9-11-18(12-10-17)14-24-15-19-5-4-7-21(13-19)25-16-20-6-2-3-8-22(20)23/h2-13,24H,14-16H2,1H3/p+1. The second-order valence-corrected chi connectivity index (χ2v) is 6.62. The van der Waals surface area contributed by atoms with Crippen LogP contribution in [0.3, 0.4) is 0 Å². The number of rotatable bonds is 7. The van der Waals surface area contributed by atoms with Crippen LogP contribution in [0, 0.1) is 6.92 Å². The van der Waals surface area contributed by atoms with Gasteiger partial charge in [-0.05, 0) is 25.1 Å². The van der Waals surface area contributed by atoms with E-state index in [2.05, 4.69) is 48.6 Å². The van der Waals surface area contributed by atoms with Crippen molar-refractivity contribution in [1.82, 2.24) is 0 Å². The minimum atomic E-state index is 0.482. The summed E-state index contributed by atoms with van der Waals surface area (Å²) >= 11 is 6.17. The van der Waals surface area contributed by atoms with E-state index < -0.39 is 0 Å². The van der Waals surface area contributed by atoms with Gasteiger partial charge in [0, 0.05) is 21.7 Å². The van der Waals surface area contributed by atoms with Gasteiger partial charge in [-0.1, -0.05) is 71.8 Å². The maximum Gasteiger partial charge on any atom is 0.120 e. The fraction of sp³-hybridized carbons (Fsp3) is 0.182. The van der Waals surface area contributed by atoms with Crippen LogP contribution in [-0.4, -0.2) is 0 Å². The summed E-state index contributed by atoms with van der Waals surface area (Å²) in [6.45, 7) is 4.50. The molecule has 0 amide bonds. The monoisotopic (exact) mass is 352 g/mol. The molecule has 0 unspecified atom stereocenters. The average Bonchev–Trinajstić information content (AvgIpc) is 2.63. The fourth-order valence-electron chi connectivity index (χ4n) is 2.67. The molecule has 0 saturated carbocycles. The molecule has 0 aliphatic heterocycles. The normalized spacial score (nSPS) is 10.6. The van der Waals surface area contributed by atoms with Gasteiger partial charge in [-0.3, -0.25) is 0 Å². The summed E-state index contributed by atoms with van der Waals surface area (Å²) in [6, 6.07) is 24.7. The molecule has 0 aliphatic rings.